The lowest BCUT2D eigenvalue weighted by molar-refractivity contribution is -0.127. The standard InChI is InChI=1S/C23H25FN2O2/c1-2-16-25-22(28)23(14-4-3-5-15-23)18-8-12-20(13-9-18)26-21(27)17-6-10-19(24)11-7-17/h2,6-13H,1,3-5,14-16H2,(H,25,28)(H,26,27). The number of rotatable bonds is 6. The van der Waals surface area contributed by atoms with Gasteiger partial charge in [0.1, 0.15) is 5.82 Å². The Balaban J connectivity index is 1.77. The molecule has 0 atom stereocenters. The zero-order valence-corrected chi connectivity index (χ0v) is 15.8. The van der Waals surface area contributed by atoms with E-state index >= 15 is 0 Å². The molecule has 1 aliphatic carbocycles. The van der Waals surface area contributed by atoms with Gasteiger partial charge in [-0.25, -0.2) is 4.39 Å². The van der Waals surface area contributed by atoms with E-state index in [-0.39, 0.29) is 17.6 Å². The lowest BCUT2D eigenvalue weighted by Crippen LogP contribution is -2.45. The summed E-state index contributed by atoms with van der Waals surface area (Å²) in [6, 6.07) is 12.9. The molecule has 28 heavy (non-hydrogen) atoms. The first-order valence-electron chi connectivity index (χ1n) is 9.62. The minimum atomic E-state index is -0.527. The number of benzene rings is 2. The van der Waals surface area contributed by atoms with Crippen molar-refractivity contribution < 1.29 is 14.0 Å². The third-order valence-corrected chi connectivity index (χ3v) is 5.35. The van der Waals surface area contributed by atoms with Crippen LogP contribution in [0.25, 0.3) is 0 Å². The molecule has 5 heteroatoms. The highest BCUT2D eigenvalue weighted by atomic mass is 19.1. The van der Waals surface area contributed by atoms with Crippen LogP contribution in [0.2, 0.25) is 0 Å². The molecule has 146 valence electrons. The molecule has 2 aromatic rings. The number of hydrogen-bond acceptors (Lipinski definition) is 2. The van der Waals surface area contributed by atoms with Crippen molar-refractivity contribution in [2.75, 3.05) is 11.9 Å². The average Bonchev–Trinajstić information content (AvgIpc) is 2.73. The predicted octanol–water partition coefficient (Wildman–Crippen LogP) is 4.58. The van der Waals surface area contributed by atoms with Gasteiger partial charge in [-0.3, -0.25) is 9.59 Å². The summed E-state index contributed by atoms with van der Waals surface area (Å²) in [7, 11) is 0. The van der Waals surface area contributed by atoms with Gasteiger partial charge in [-0.05, 0) is 54.8 Å². The fourth-order valence-corrected chi connectivity index (χ4v) is 3.81. The molecule has 3 rings (SSSR count). The van der Waals surface area contributed by atoms with Crippen LogP contribution in [0.3, 0.4) is 0 Å². The number of nitrogens with one attached hydrogen (secondary N) is 2. The van der Waals surface area contributed by atoms with Crippen molar-refractivity contribution in [3.8, 4) is 0 Å². The molecule has 0 spiro atoms. The Labute approximate surface area is 164 Å². The van der Waals surface area contributed by atoms with Crippen molar-refractivity contribution in [2.24, 2.45) is 0 Å². The highest BCUT2D eigenvalue weighted by Crippen LogP contribution is 2.40. The van der Waals surface area contributed by atoms with E-state index in [2.05, 4.69) is 17.2 Å². The van der Waals surface area contributed by atoms with Gasteiger partial charge < -0.3 is 10.6 Å². The molecule has 2 N–H and O–H groups in total. The smallest absolute Gasteiger partial charge is 0.255 e. The van der Waals surface area contributed by atoms with Crippen molar-refractivity contribution in [1.82, 2.24) is 5.32 Å². The Kier molecular flexibility index (Phi) is 6.24. The summed E-state index contributed by atoms with van der Waals surface area (Å²) < 4.78 is 13.0. The lowest BCUT2D eigenvalue weighted by Gasteiger charge is -2.36. The second-order valence-corrected chi connectivity index (χ2v) is 7.18. The monoisotopic (exact) mass is 380 g/mol. The maximum Gasteiger partial charge on any atom is 0.255 e. The second-order valence-electron chi connectivity index (χ2n) is 7.18. The van der Waals surface area contributed by atoms with Crippen molar-refractivity contribution in [1.29, 1.82) is 0 Å². The van der Waals surface area contributed by atoms with Crippen LogP contribution in [0, 0.1) is 5.82 Å². The highest BCUT2D eigenvalue weighted by molar-refractivity contribution is 6.04. The fraction of sp³-hybridized carbons (Fsp3) is 0.304. The zero-order valence-electron chi connectivity index (χ0n) is 15.8. The van der Waals surface area contributed by atoms with Gasteiger partial charge in [0.25, 0.3) is 5.91 Å². The summed E-state index contributed by atoms with van der Waals surface area (Å²) in [6.45, 7) is 4.12. The Morgan fingerprint density at radius 3 is 2.25 bits per heavy atom. The van der Waals surface area contributed by atoms with Crippen molar-refractivity contribution >= 4 is 17.5 Å². The number of amides is 2. The van der Waals surface area contributed by atoms with Crippen molar-refractivity contribution in [3.63, 3.8) is 0 Å². The van der Waals surface area contributed by atoms with Crippen LogP contribution >= 0.6 is 0 Å². The van der Waals surface area contributed by atoms with E-state index in [0.717, 1.165) is 37.7 Å². The normalized spacial score (nSPS) is 15.5. The summed E-state index contributed by atoms with van der Waals surface area (Å²) in [6.07, 6.45) is 6.49. The van der Waals surface area contributed by atoms with E-state index in [1.54, 1.807) is 6.08 Å². The summed E-state index contributed by atoms with van der Waals surface area (Å²) >= 11 is 0. The molecule has 2 amide bonds. The summed E-state index contributed by atoms with van der Waals surface area (Å²) in [5.74, 6) is -0.646. The molecule has 2 aromatic carbocycles. The third kappa shape index (κ3) is 4.30. The van der Waals surface area contributed by atoms with Gasteiger partial charge in [-0.2, -0.15) is 0 Å². The largest absolute Gasteiger partial charge is 0.352 e. The molecule has 0 aromatic heterocycles. The molecule has 1 aliphatic rings. The fourth-order valence-electron chi connectivity index (χ4n) is 3.81. The van der Waals surface area contributed by atoms with Crippen LogP contribution < -0.4 is 10.6 Å². The van der Waals surface area contributed by atoms with Crippen LogP contribution in [0.1, 0.15) is 48.0 Å². The Morgan fingerprint density at radius 1 is 1.00 bits per heavy atom. The average molecular weight is 380 g/mol. The Hall–Kier alpha value is -2.95. The maximum absolute atomic E-state index is 13.0. The number of halogens is 1. The van der Waals surface area contributed by atoms with E-state index in [1.807, 2.05) is 24.3 Å². The van der Waals surface area contributed by atoms with Gasteiger partial charge in [0.05, 0.1) is 5.41 Å². The molecule has 1 fully saturated rings. The molecule has 0 bridgehead atoms. The maximum atomic E-state index is 13.0. The zero-order chi connectivity index (χ0) is 20.0. The van der Waals surface area contributed by atoms with Crippen LogP contribution in [-0.2, 0) is 10.2 Å². The number of carbonyl (C=O) groups excluding carboxylic acids is 2. The van der Waals surface area contributed by atoms with Crippen LogP contribution in [-0.4, -0.2) is 18.4 Å². The molecule has 1 saturated carbocycles. The first-order valence-corrected chi connectivity index (χ1v) is 9.62. The Bertz CT molecular complexity index is 838. The third-order valence-electron chi connectivity index (χ3n) is 5.35. The van der Waals surface area contributed by atoms with Crippen LogP contribution in [0.15, 0.2) is 61.2 Å². The highest BCUT2D eigenvalue weighted by Gasteiger charge is 2.40. The molecule has 0 heterocycles. The van der Waals surface area contributed by atoms with Gasteiger partial charge in [-0.1, -0.05) is 37.5 Å². The molecular weight excluding hydrogens is 355 g/mol. The van der Waals surface area contributed by atoms with E-state index in [4.69, 9.17) is 0 Å². The van der Waals surface area contributed by atoms with Gasteiger partial charge >= 0.3 is 0 Å². The second kappa shape index (κ2) is 8.83. The minimum Gasteiger partial charge on any atom is -0.352 e. The van der Waals surface area contributed by atoms with Crippen molar-refractivity contribution in [2.45, 2.75) is 37.5 Å². The quantitative estimate of drug-likeness (QED) is 0.721. The van der Waals surface area contributed by atoms with E-state index in [0.29, 0.717) is 17.8 Å². The number of anilines is 1. The van der Waals surface area contributed by atoms with Gasteiger partial charge in [-0.15, -0.1) is 6.58 Å². The number of hydrogen-bond donors (Lipinski definition) is 2. The van der Waals surface area contributed by atoms with E-state index in [9.17, 15) is 14.0 Å². The predicted molar refractivity (Wildman–Crippen MR) is 109 cm³/mol. The molecular formula is C23H25FN2O2. The molecule has 0 saturated heterocycles. The molecule has 0 aliphatic heterocycles. The summed E-state index contributed by atoms with van der Waals surface area (Å²) in [4.78, 5) is 25.2. The van der Waals surface area contributed by atoms with Crippen molar-refractivity contribution in [3.05, 3.63) is 78.1 Å². The SMILES string of the molecule is C=CCNC(=O)C1(c2ccc(NC(=O)c3ccc(F)cc3)cc2)CCCCC1. The van der Waals surface area contributed by atoms with Gasteiger partial charge in [0.15, 0.2) is 0 Å². The van der Waals surface area contributed by atoms with E-state index < -0.39 is 5.41 Å². The molecule has 0 radical (unpaired) electrons. The Morgan fingerprint density at radius 2 is 1.64 bits per heavy atom. The first-order chi connectivity index (χ1) is 13.5. The first kappa shape index (κ1) is 19.8. The summed E-state index contributed by atoms with van der Waals surface area (Å²) in [5.41, 5.74) is 1.46. The van der Waals surface area contributed by atoms with Gasteiger partial charge in [0, 0.05) is 17.8 Å². The lowest BCUT2D eigenvalue weighted by atomic mass is 9.68. The summed E-state index contributed by atoms with van der Waals surface area (Å²) in [5, 5.41) is 5.77. The number of carbonyl (C=O) groups is 2. The van der Waals surface area contributed by atoms with Crippen LogP contribution in [0.4, 0.5) is 10.1 Å². The molecule has 0 unspecified atom stereocenters. The van der Waals surface area contributed by atoms with Crippen LogP contribution in [0.5, 0.6) is 0 Å². The minimum absolute atomic E-state index is 0.0372. The van der Waals surface area contributed by atoms with E-state index in [1.165, 1.54) is 24.3 Å². The molecule has 4 nitrogen and oxygen atoms in total. The topological polar surface area (TPSA) is 58.2 Å². The van der Waals surface area contributed by atoms with Gasteiger partial charge in [0.2, 0.25) is 5.91 Å².